The Hall–Kier alpha value is -1.81. The van der Waals surface area contributed by atoms with Crippen molar-refractivity contribution in [1.29, 1.82) is 0 Å². The van der Waals surface area contributed by atoms with Gasteiger partial charge in [0.1, 0.15) is 0 Å². The van der Waals surface area contributed by atoms with Crippen molar-refractivity contribution >= 4 is 16.8 Å². The molecule has 0 spiro atoms. The summed E-state index contributed by atoms with van der Waals surface area (Å²) in [4.78, 5) is 14.2. The maximum atomic E-state index is 11.7. The molecule has 1 aromatic heterocycles. The van der Waals surface area contributed by atoms with Gasteiger partial charge in [0.2, 0.25) is 5.91 Å². The van der Waals surface area contributed by atoms with E-state index in [9.17, 15) is 4.79 Å². The van der Waals surface area contributed by atoms with Crippen LogP contribution in [0.15, 0.2) is 18.1 Å². The molecule has 1 aromatic carbocycles. The highest BCUT2D eigenvalue weighted by Gasteiger charge is 2.21. The van der Waals surface area contributed by atoms with Crippen LogP contribution >= 0.6 is 0 Å². The van der Waals surface area contributed by atoms with Gasteiger partial charge in [-0.25, -0.2) is 0 Å². The topological polar surface area (TPSA) is 70.9 Å². The van der Waals surface area contributed by atoms with Crippen LogP contribution in [0.5, 0.6) is 0 Å². The zero-order valence-electron chi connectivity index (χ0n) is 19.5. The second kappa shape index (κ2) is 4.14. The summed E-state index contributed by atoms with van der Waals surface area (Å²) in [6, 6.07) is -4.78. The Kier molecular flexibility index (Phi) is 1.08. The largest absolute Gasteiger partial charge is 0.366 e. The van der Waals surface area contributed by atoms with E-state index < -0.39 is 66.0 Å². The molecule has 4 nitrogen and oxygen atoms in total. The first-order valence-corrected chi connectivity index (χ1v) is 5.24. The van der Waals surface area contributed by atoms with E-state index in [4.69, 9.17) is 19.4 Å². The van der Waals surface area contributed by atoms with Crippen molar-refractivity contribution in [1.82, 2.24) is 10.3 Å². The van der Waals surface area contributed by atoms with Crippen LogP contribution in [-0.4, -0.2) is 24.0 Å². The smallest absolute Gasteiger partial charge is 0.248 e. The minimum absolute atomic E-state index is 0.297. The maximum absolute atomic E-state index is 11.7. The molecule has 0 bridgehead atoms. The number of amides is 1. The highest BCUT2D eigenvalue weighted by Crippen LogP contribution is 2.29. The Labute approximate surface area is 120 Å². The van der Waals surface area contributed by atoms with Crippen LogP contribution in [0.25, 0.3) is 10.9 Å². The molecule has 1 heterocycles. The summed E-state index contributed by atoms with van der Waals surface area (Å²) in [7, 11) is 1.12. The van der Waals surface area contributed by atoms with Crippen molar-refractivity contribution in [3.63, 3.8) is 0 Å². The number of hydrogen-bond acceptors (Lipinski definition) is 2. The van der Waals surface area contributed by atoms with Gasteiger partial charge < -0.3 is 16.0 Å². The molecule has 0 saturated heterocycles. The van der Waals surface area contributed by atoms with Gasteiger partial charge in [0.05, 0.1) is 4.11 Å². The fraction of sp³-hybridized carbons (Fsp3) is 0.357. The third kappa shape index (κ3) is 1.69. The Morgan fingerprint density at radius 2 is 2.56 bits per heavy atom. The van der Waals surface area contributed by atoms with Crippen LogP contribution in [0.1, 0.15) is 41.7 Å². The second-order valence-electron chi connectivity index (χ2n) is 3.74. The van der Waals surface area contributed by atoms with Gasteiger partial charge in [-0.15, -0.1) is 0 Å². The summed E-state index contributed by atoms with van der Waals surface area (Å²) >= 11 is 0. The number of H-pyrrole nitrogens is 1. The number of benzene rings is 1. The van der Waals surface area contributed by atoms with Gasteiger partial charge in [0, 0.05) is 37.8 Å². The Morgan fingerprint density at radius 1 is 1.72 bits per heavy atom. The summed E-state index contributed by atoms with van der Waals surface area (Å²) in [5, 5.41) is 1.85. The van der Waals surface area contributed by atoms with E-state index in [-0.39, 0.29) is 10.9 Å². The maximum Gasteiger partial charge on any atom is 0.248 e. The summed E-state index contributed by atoms with van der Waals surface area (Å²) in [5.74, 6) is -1.18. The van der Waals surface area contributed by atoms with E-state index in [1.165, 1.54) is 0 Å². The number of fused-ring (bicyclic) bond motifs is 3. The normalized spacial score (nSPS) is 39.4. The van der Waals surface area contributed by atoms with E-state index >= 15 is 0 Å². The lowest BCUT2D eigenvalue weighted by molar-refractivity contribution is 0.100. The van der Waals surface area contributed by atoms with Crippen molar-refractivity contribution in [3.05, 3.63) is 34.9 Å². The van der Waals surface area contributed by atoms with Crippen molar-refractivity contribution in [2.75, 3.05) is 7.05 Å². The molecule has 0 aliphatic heterocycles. The highest BCUT2D eigenvalue weighted by molar-refractivity contribution is 5.98. The number of carbonyl (C=O) groups is 1. The number of hydrogen-bond donors (Lipinski definition) is 3. The number of aryl methyl sites for hydroxylation is 1. The number of aromatic amines is 1. The predicted octanol–water partition coefficient (Wildman–Crippen LogP) is 1.34. The van der Waals surface area contributed by atoms with Gasteiger partial charge in [-0.05, 0) is 49.9 Å². The van der Waals surface area contributed by atoms with Gasteiger partial charge in [-0.3, -0.25) is 4.79 Å². The second-order valence-corrected chi connectivity index (χ2v) is 3.74. The van der Waals surface area contributed by atoms with Crippen molar-refractivity contribution < 1.29 is 18.5 Å². The number of aromatic nitrogens is 1. The van der Waals surface area contributed by atoms with E-state index in [1.807, 2.05) is 0 Å². The van der Waals surface area contributed by atoms with E-state index in [2.05, 4.69) is 10.3 Å². The Balaban J connectivity index is 2.64. The van der Waals surface area contributed by atoms with Gasteiger partial charge >= 0.3 is 0 Å². The molecular weight excluding hydrogens is 226 g/mol. The third-order valence-electron chi connectivity index (χ3n) is 2.62. The molecule has 3 rings (SSSR count). The predicted molar refractivity (Wildman–Crippen MR) is 71.7 cm³/mol. The first-order valence-electron chi connectivity index (χ1n) is 10.2. The average molecular weight is 253 g/mol. The van der Waals surface area contributed by atoms with Gasteiger partial charge in [-0.2, -0.15) is 0 Å². The summed E-state index contributed by atoms with van der Waals surface area (Å²) < 4.78 is 82.6. The van der Waals surface area contributed by atoms with Gasteiger partial charge in [0.25, 0.3) is 0 Å². The molecule has 1 amide bonds. The fourth-order valence-corrected chi connectivity index (χ4v) is 1.75. The molecule has 4 N–H and O–H groups in total. The number of likely N-dealkylation sites (N-methyl/N-ethyl adjacent to an activating group) is 1. The number of carbonyl (C=O) groups excluding carboxylic acids is 1. The zero-order valence-corrected chi connectivity index (χ0v) is 9.49. The molecule has 0 radical (unpaired) electrons. The Morgan fingerprint density at radius 3 is 3.28 bits per heavy atom. The fourth-order valence-electron chi connectivity index (χ4n) is 1.75. The summed E-state index contributed by atoms with van der Waals surface area (Å²) in [6.45, 7) is 0. The molecule has 1 aliphatic rings. The van der Waals surface area contributed by atoms with Crippen molar-refractivity contribution in [3.8, 4) is 0 Å². The van der Waals surface area contributed by atoms with Crippen LogP contribution in [0.3, 0.4) is 0 Å². The first kappa shape index (κ1) is 4.70. The monoisotopic (exact) mass is 253 g/mol. The SMILES string of the molecule is [2H]c1c(C(N)=O)c([2H])c2c3c([nH]c2c1[2H])C([2H])([2H])C([2H])([2H])[C@@]([2H])(NC)C3([2H])[2H]. The van der Waals surface area contributed by atoms with E-state index in [0.29, 0.717) is 0 Å². The zero-order chi connectivity index (χ0) is 21.6. The standard InChI is InChI=1S/C14H17N3O/c1-16-9-3-5-13-11(7-9)10-6-8(14(15)18)2-4-12(10)17-13/h2,4,6,9,16-17H,3,5,7H2,1H3,(H2,15,18)/t9-/m1/s1/i2D,3D2,4D,5D2,6D,7D2,9D. The van der Waals surface area contributed by atoms with Crippen molar-refractivity contribution in [2.24, 2.45) is 5.73 Å². The molecule has 0 fully saturated rings. The molecule has 1 aliphatic carbocycles. The molecule has 94 valence electrons. The molecule has 0 saturated carbocycles. The van der Waals surface area contributed by atoms with Crippen LogP contribution in [0, 0.1) is 0 Å². The molecular formula is C14H17N3O. The molecule has 2 aromatic rings. The minimum Gasteiger partial charge on any atom is -0.366 e. The minimum atomic E-state index is -3.08. The lowest BCUT2D eigenvalue weighted by Crippen LogP contribution is -2.31. The van der Waals surface area contributed by atoms with E-state index in [1.54, 1.807) is 0 Å². The number of nitrogens with two attached hydrogens (primary N) is 1. The quantitative estimate of drug-likeness (QED) is 0.756. The highest BCUT2D eigenvalue weighted by atomic mass is 16.1. The Bertz CT molecular complexity index is 1030. The van der Waals surface area contributed by atoms with Crippen LogP contribution in [-0.2, 0) is 12.7 Å². The molecule has 0 unspecified atom stereocenters. The van der Waals surface area contributed by atoms with Gasteiger partial charge in [-0.1, -0.05) is 0 Å². The summed E-state index contributed by atoms with van der Waals surface area (Å²) in [6.07, 6.45) is -8.89. The summed E-state index contributed by atoms with van der Waals surface area (Å²) in [5.41, 5.74) is 3.15. The van der Waals surface area contributed by atoms with E-state index in [0.717, 1.165) is 7.05 Å². The lowest BCUT2D eigenvalue weighted by Gasteiger charge is -2.21. The number of nitrogens with one attached hydrogen (secondary N) is 2. The van der Waals surface area contributed by atoms with Crippen molar-refractivity contribution in [2.45, 2.75) is 25.1 Å². The van der Waals surface area contributed by atoms with Gasteiger partial charge in [0.15, 0.2) is 0 Å². The lowest BCUT2D eigenvalue weighted by atomic mass is 9.91. The van der Waals surface area contributed by atoms with Crippen LogP contribution in [0.4, 0.5) is 0 Å². The molecule has 1 atom stereocenters. The average Bonchev–Trinajstić information content (AvgIpc) is 3.00. The molecule has 4 heteroatoms. The van der Waals surface area contributed by atoms with Crippen LogP contribution < -0.4 is 11.1 Å². The number of rotatable bonds is 2. The van der Waals surface area contributed by atoms with Crippen LogP contribution in [0.2, 0.25) is 0 Å². The molecule has 18 heavy (non-hydrogen) atoms. The third-order valence-corrected chi connectivity index (χ3v) is 2.62. The number of primary amides is 1. The first-order chi connectivity index (χ1) is 12.6.